The summed E-state index contributed by atoms with van der Waals surface area (Å²) >= 11 is 5.31. The summed E-state index contributed by atoms with van der Waals surface area (Å²) in [5.41, 5.74) is 1.82. The van der Waals surface area contributed by atoms with Crippen molar-refractivity contribution < 1.29 is 9.13 Å². The second-order valence-electron chi connectivity index (χ2n) is 4.83. The van der Waals surface area contributed by atoms with Crippen molar-refractivity contribution in [3.63, 3.8) is 0 Å². The van der Waals surface area contributed by atoms with Crippen LogP contribution in [0.15, 0.2) is 48.5 Å². The summed E-state index contributed by atoms with van der Waals surface area (Å²) in [6, 6.07) is 13.9. The molecule has 1 atom stereocenters. The highest BCUT2D eigenvalue weighted by Crippen LogP contribution is 2.18. The summed E-state index contributed by atoms with van der Waals surface area (Å²) in [5.74, 6) is 0.547. The van der Waals surface area contributed by atoms with Crippen molar-refractivity contribution >= 4 is 23.0 Å². The molecule has 2 rings (SSSR count). The minimum Gasteiger partial charge on any atom is -0.494 e. The van der Waals surface area contributed by atoms with E-state index in [1.807, 2.05) is 38.1 Å². The highest BCUT2D eigenvalue weighted by Gasteiger charge is 2.07. The normalized spacial score (nSPS) is 11.6. The largest absolute Gasteiger partial charge is 0.494 e. The van der Waals surface area contributed by atoms with E-state index in [-0.39, 0.29) is 11.9 Å². The van der Waals surface area contributed by atoms with Crippen molar-refractivity contribution in [1.82, 2.24) is 5.32 Å². The van der Waals surface area contributed by atoms with E-state index in [4.69, 9.17) is 17.0 Å². The second kappa shape index (κ2) is 7.75. The first kappa shape index (κ1) is 16.2. The van der Waals surface area contributed by atoms with Crippen LogP contribution in [0.1, 0.15) is 25.5 Å². The lowest BCUT2D eigenvalue weighted by molar-refractivity contribution is 0.340. The Bertz CT molecular complexity index is 631. The molecule has 2 aromatic carbocycles. The van der Waals surface area contributed by atoms with Gasteiger partial charge in [-0.2, -0.15) is 0 Å². The van der Waals surface area contributed by atoms with Crippen LogP contribution < -0.4 is 15.4 Å². The van der Waals surface area contributed by atoms with E-state index >= 15 is 0 Å². The number of ether oxygens (including phenoxy) is 1. The molecule has 116 valence electrons. The Labute approximate surface area is 135 Å². The van der Waals surface area contributed by atoms with Crippen LogP contribution in [0.3, 0.4) is 0 Å². The zero-order valence-electron chi connectivity index (χ0n) is 12.6. The predicted octanol–water partition coefficient (Wildman–Crippen LogP) is 4.27. The molecular weight excluding hydrogens is 299 g/mol. The number of hydrogen-bond acceptors (Lipinski definition) is 2. The van der Waals surface area contributed by atoms with Gasteiger partial charge < -0.3 is 15.4 Å². The van der Waals surface area contributed by atoms with Gasteiger partial charge in [-0.3, -0.25) is 0 Å². The van der Waals surface area contributed by atoms with Crippen LogP contribution in [0.25, 0.3) is 0 Å². The fraction of sp³-hybridized carbons (Fsp3) is 0.235. The lowest BCUT2D eigenvalue weighted by atomic mass is 10.1. The molecule has 22 heavy (non-hydrogen) atoms. The van der Waals surface area contributed by atoms with E-state index in [1.54, 1.807) is 12.1 Å². The monoisotopic (exact) mass is 318 g/mol. The summed E-state index contributed by atoms with van der Waals surface area (Å²) < 4.78 is 18.4. The van der Waals surface area contributed by atoms with E-state index in [2.05, 4.69) is 10.6 Å². The molecule has 0 aliphatic heterocycles. The molecule has 0 aliphatic carbocycles. The second-order valence-corrected chi connectivity index (χ2v) is 5.24. The Balaban J connectivity index is 1.94. The molecule has 3 nitrogen and oxygen atoms in total. The molecule has 0 fully saturated rings. The Morgan fingerprint density at radius 3 is 2.64 bits per heavy atom. The minimum atomic E-state index is -0.246. The SMILES string of the molecule is CCOc1cccc(NC(=S)N[C@H](C)c2ccc(F)cc2)c1. The third-order valence-electron chi connectivity index (χ3n) is 3.12. The molecule has 0 radical (unpaired) electrons. The van der Waals surface area contributed by atoms with Gasteiger partial charge in [0.2, 0.25) is 0 Å². The van der Waals surface area contributed by atoms with E-state index in [1.165, 1.54) is 12.1 Å². The Morgan fingerprint density at radius 1 is 1.23 bits per heavy atom. The lowest BCUT2D eigenvalue weighted by Gasteiger charge is -2.17. The number of benzene rings is 2. The first-order valence-corrected chi connectivity index (χ1v) is 7.55. The van der Waals surface area contributed by atoms with E-state index in [0.717, 1.165) is 17.0 Å². The van der Waals surface area contributed by atoms with Gasteiger partial charge in [0.15, 0.2) is 5.11 Å². The van der Waals surface area contributed by atoms with Crippen LogP contribution in [0.2, 0.25) is 0 Å². The first-order valence-electron chi connectivity index (χ1n) is 7.14. The summed E-state index contributed by atoms with van der Waals surface area (Å²) in [5, 5.41) is 6.80. The van der Waals surface area contributed by atoms with Crippen LogP contribution in [0, 0.1) is 5.82 Å². The summed E-state index contributed by atoms with van der Waals surface area (Å²) in [7, 11) is 0. The van der Waals surface area contributed by atoms with Crippen LogP contribution in [0.5, 0.6) is 5.75 Å². The third-order valence-corrected chi connectivity index (χ3v) is 3.34. The minimum absolute atomic E-state index is 0.0179. The molecule has 0 aliphatic rings. The lowest BCUT2D eigenvalue weighted by Crippen LogP contribution is -2.30. The fourth-order valence-electron chi connectivity index (χ4n) is 2.03. The van der Waals surface area contributed by atoms with Crippen molar-refractivity contribution in [3.8, 4) is 5.75 Å². The molecule has 0 saturated carbocycles. The standard InChI is InChI=1S/C17H19FN2OS/c1-3-21-16-6-4-5-15(11-16)20-17(22)19-12(2)13-7-9-14(18)10-8-13/h4-12H,3H2,1-2H3,(H2,19,20,22)/t12-/m1/s1. The molecule has 2 N–H and O–H groups in total. The molecule has 0 spiro atoms. The molecule has 0 saturated heterocycles. The molecule has 0 heterocycles. The number of rotatable bonds is 5. The predicted molar refractivity (Wildman–Crippen MR) is 91.8 cm³/mol. The topological polar surface area (TPSA) is 33.3 Å². The van der Waals surface area contributed by atoms with Gasteiger partial charge in [0.1, 0.15) is 11.6 Å². The summed E-state index contributed by atoms with van der Waals surface area (Å²) in [4.78, 5) is 0. The molecule has 0 bridgehead atoms. The van der Waals surface area contributed by atoms with E-state index in [0.29, 0.717) is 11.7 Å². The smallest absolute Gasteiger partial charge is 0.171 e. The average molecular weight is 318 g/mol. The van der Waals surface area contributed by atoms with Crippen LogP contribution >= 0.6 is 12.2 Å². The summed E-state index contributed by atoms with van der Waals surface area (Å²) in [6.07, 6.45) is 0. The molecule has 0 amide bonds. The van der Waals surface area contributed by atoms with Crippen molar-refractivity contribution in [3.05, 3.63) is 59.9 Å². The van der Waals surface area contributed by atoms with Crippen molar-refractivity contribution in [1.29, 1.82) is 0 Å². The third kappa shape index (κ3) is 4.70. The maximum absolute atomic E-state index is 12.9. The highest BCUT2D eigenvalue weighted by molar-refractivity contribution is 7.80. The van der Waals surface area contributed by atoms with E-state index < -0.39 is 0 Å². The summed E-state index contributed by atoms with van der Waals surface area (Å²) in [6.45, 7) is 4.53. The number of anilines is 1. The van der Waals surface area contributed by atoms with Crippen molar-refractivity contribution in [2.75, 3.05) is 11.9 Å². The van der Waals surface area contributed by atoms with Gasteiger partial charge in [0, 0.05) is 11.8 Å². The van der Waals surface area contributed by atoms with Gasteiger partial charge in [-0.1, -0.05) is 18.2 Å². The number of thiocarbonyl (C=S) groups is 1. The first-order chi connectivity index (χ1) is 10.6. The van der Waals surface area contributed by atoms with E-state index in [9.17, 15) is 4.39 Å². The van der Waals surface area contributed by atoms with Crippen LogP contribution in [0.4, 0.5) is 10.1 Å². The molecular formula is C17H19FN2OS. The molecule has 0 unspecified atom stereocenters. The zero-order valence-corrected chi connectivity index (χ0v) is 13.4. The zero-order chi connectivity index (χ0) is 15.9. The molecule has 2 aromatic rings. The maximum Gasteiger partial charge on any atom is 0.171 e. The van der Waals surface area contributed by atoms with Gasteiger partial charge >= 0.3 is 0 Å². The molecule has 5 heteroatoms. The van der Waals surface area contributed by atoms with Gasteiger partial charge in [-0.15, -0.1) is 0 Å². The van der Waals surface area contributed by atoms with Crippen molar-refractivity contribution in [2.45, 2.75) is 19.9 Å². The van der Waals surface area contributed by atoms with Gasteiger partial charge in [0.05, 0.1) is 12.6 Å². The number of hydrogen-bond donors (Lipinski definition) is 2. The maximum atomic E-state index is 12.9. The number of nitrogens with one attached hydrogen (secondary N) is 2. The molecule has 0 aromatic heterocycles. The Morgan fingerprint density at radius 2 is 1.95 bits per heavy atom. The van der Waals surface area contributed by atoms with Gasteiger partial charge in [0.25, 0.3) is 0 Å². The fourth-order valence-corrected chi connectivity index (χ4v) is 2.32. The van der Waals surface area contributed by atoms with Gasteiger partial charge in [-0.25, -0.2) is 4.39 Å². The van der Waals surface area contributed by atoms with Crippen molar-refractivity contribution in [2.24, 2.45) is 0 Å². The number of halogens is 1. The quantitative estimate of drug-likeness (QED) is 0.807. The van der Waals surface area contributed by atoms with Crippen LogP contribution in [-0.4, -0.2) is 11.7 Å². The Hall–Kier alpha value is -2.14. The Kier molecular flexibility index (Phi) is 5.72. The van der Waals surface area contributed by atoms with Crippen LogP contribution in [-0.2, 0) is 0 Å². The van der Waals surface area contributed by atoms with Gasteiger partial charge in [-0.05, 0) is 55.9 Å². The highest BCUT2D eigenvalue weighted by atomic mass is 32.1. The average Bonchev–Trinajstić information content (AvgIpc) is 2.48.